The van der Waals surface area contributed by atoms with Crippen LogP contribution in [-0.2, 0) is 26.0 Å². The first-order valence-electron chi connectivity index (χ1n) is 8.72. The molecule has 0 aliphatic carbocycles. The van der Waals surface area contributed by atoms with Crippen molar-refractivity contribution in [2.75, 3.05) is 40.2 Å². The molecule has 146 valence electrons. The van der Waals surface area contributed by atoms with Gasteiger partial charge in [0.15, 0.2) is 0 Å². The number of nitrogens with one attached hydrogen (secondary N) is 1. The second-order valence-electron chi connectivity index (χ2n) is 6.73. The van der Waals surface area contributed by atoms with Gasteiger partial charge >= 0.3 is 0 Å². The molecule has 2 unspecified atom stereocenters. The van der Waals surface area contributed by atoms with E-state index in [0.29, 0.717) is 19.6 Å². The number of methoxy groups -OCH3 is 1. The second-order valence-corrected chi connectivity index (χ2v) is 8.96. The molecule has 2 rings (SSSR count). The number of nitrogens with zero attached hydrogens (tertiary/aromatic N) is 1. The van der Waals surface area contributed by atoms with E-state index in [-0.39, 0.29) is 23.6 Å². The Morgan fingerprint density at radius 3 is 2.58 bits per heavy atom. The summed E-state index contributed by atoms with van der Waals surface area (Å²) in [6.07, 6.45) is 1.93. The van der Waals surface area contributed by atoms with Gasteiger partial charge in [-0.15, -0.1) is 0 Å². The first-order chi connectivity index (χ1) is 12.3. The highest BCUT2D eigenvalue weighted by Crippen LogP contribution is 2.18. The van der Waals surface area contributed by atoms with Crippen LogP contribution in [0.1, 0.15) is 18.4 Å². The van der Waals surface area contributed by atoms with Gasteiger partial charge in [0.1, 0.15) is 5.75 Å². The Kier molecular flexibility index (Phi) is 7.43. The average molecular weight is 384 g/mol. The molecule has 8 heteroatoms. The third kappa shape index (κ3) is 5.96. The summed E-state index contributed by atoms with van der Waals surface area (Å²) in [5.41, 5.74) is 1.15. The quantitative estimate of drug-likeness (QED) is 0.688. The number of sulfonamides is 1. The zero-order valence-corrected chi connectivity index (χ0v) is 16.4. The molecule has 1 N–H and O–H groups in total. The molecule has 0 aromatic heterocycles. The summed E-state index contributed by atoms with van der Waals surface area (Å²) in [4.78, 5) is 12.2. The molecule has 1 aliphatic heterocycles. The lowest BCUT2D eigenvalue weighted by Gasteiger charge is -2.21. The molecule has 0 saturated carbocycles. The number of carbonyl (C=O) groups excluding carboxylic acids is 1. The van der Waals surface area contributed by atoms with E-state index >= 15 is 0 Å². The summed E-state index contributed by atoms with van der Waals surface area (Å²) in [6, 6.07) is 7.54. The average Bonchev–Trinajstić information content (AvgIpc) is 3.01. The van der Waals surface area contributed by atoms with Crippen molar-refractivity contribution in [1.82, 2.24) is 9.62 Å². The molecular formula is C18H28N2O5S. The molecule has 1 saturated heterocycles. The third-order valence-corrected chi connectivity index (χ3v) is 6.52. The van der Waals surface area contributed by atoms with Crippen molar-refractivity contribution >= 4 is 15.9 Å². The van der Waals surface area contributed by atoms with Crippen molar-refractivity contribution in [3.8, 4) is 5.75 Å². The van der Waals surface area contributed by atoms with Crippen LogP contribution in [0.25, 0.3) is 0 Å². The summed E-state index contributed by atoms with van der Waals surface area (Å²) in [5.74, 6) is 0.511. The number of amides is 1. The van der Waals surface area contributed by atoms with Crippen LogP contribution in [-0.4, -0.2) is 64.8 Å². The standard InChI is InChI=1S/C18H28N2O5S/c1-20(2)26(22,23)13-15-11-25-12-17(15)19-18(21)6-4-5-14-7-9-16(24-3)10-8-14/h7-10,15,17H,4-6,11-13H2,1-3H3,(H,19,21). The molecule has 26 heavy (non-hydrogen) atoms. The van der Waals surface area contributed by atoms with Crippen molar-refractivity contribution < 1.29 is 22.7 Å². The zero-order valence-electron chi connectivity index (χ0n) is 15.6. The lowest BCUT2D eigenvalue weighted by atomic mass is 10.1. The number of rotatable bonds is 9. The summed E-state index contributed by atoms with van der Waals surface area (Å²) in [5, 5.41) is 2.93. The van der Waals surface area contributed by atoms with Gasteiger partial charge in [-0.05, 0) is 30.5 Å². The maximum absolute atomic E-state index is 12.2. The first-order valence-corrected chi connectivity index (χ1v) is 10.3. The Morgan fingerprint density at radius 1 is 1.27 bits per heavy atom. The number of hydrogen-bond donors (Lipinski definition) is 1. The van der Waals surface area contributed by atoms with Gasteiger partial charge < -0.3 is 14.8 Å². The van der Waals surface area contributed by atoms with Gasteiger partial charge in [0, 0.05) is 26.4 Å². The van der Waals surface area contributed by atoms with Gasteiger partial charge in [-0.3, -0.25) is 4.79 Å². The Bertz CT molecular complexity index is 688. The maximum atomic E-state index is 12.2. The Balaban J connectivity index is 1.77. The van der Waals surface area contributed by atoms with E-state index in [1.807, 2.05) is 24.3 Å². The maximum Gasteiger partial charge on any atom is 0.220 e. The molecule has 1 fully saturated rings. The smallest absolute Gasteiger partial charge is 0.220 e. The third-order valence-electron chi connectivity index (χ3n) is 4.55. The zero-order chi connectivity index (χ0) is 19.2. The topological polar surface area (TPSA) is 84.9 Å². The molecule has 1 amide bonds. The molecule has 1 aromatic carbocycles. The fraction of sp³-hybridized carbons (Fsp3) is 0.611. The highest BCUT2D eigenvalue weighted by atomic mass is 32.2. The largest absolute Gasteiger partial charge is 0.497 e. The number of benzene rings is 1. The second kappa shape index (κ2) is 9.34. The van der Waals surface area contributed by atoms with Crippen LogP contribution >= 0.6 is 0 Å². The Morgan fingerprint density at radius 2 is 1.96 bits per heavy atom. The van der Waals surface area contributed by atoms with Crippen LogP contribution in [0.4, 0.5) is 0 Å². The van der Waals surface area contributed by atoms with Gasteiger partial charge in [0.2, 0.25) is 15.9 Å². The van der Waals surface area contributed by atoms with Crippen molar-refractivity contribution in [3.63, 3.8) is 0 Å². The van der Waals surface area contributed by atoms with Crippen molar-refractivity contribution in [1.29, 1.82) is 0 Å². The van der Waals surface area contributed by atoms with E-state index in [1.165, 1.54) is 18.4 Å². The lowest BCUT2D eigenvalue weighted by Crippen LogP contribution is -2.43. The van der Waals surface area contributed by atoms with E-state index in [4.69, 9.17) is 9.47 Å². The van der Waals surface area contributed by atoms with Gasteiger partial charge in [-0.1, -0.05) is 12.1 Å². The summed E-state index contributed by atoms with van der Waals surface area (Å²) < 4.78 is 35.8. The van der Waals surface area contributed by atoms with E-state index < -0.39 is 10.0 Å². The number of ether oxygens (including phenoxy) is 2. The molecular weight excluding hydrogens is 356 g/mol. The highest BCUT2D eigenvalue weighted by Gasteiger charge is 2.33. The fourth-order valence-electron chi connectivity index (χ4n) is 2.87. The molecule has 1 aliphatic rings. The van der Waals surface area contributed by atoms with Crippen LogP contribution in [0.15, 0.2) is 24.3 Å². The monoisotopic (exact) mass is 384 g/mol. The summed E-state index contributed by atoms with van der Waals surface area (Å²) in [6.45, 7) is 0.710. The van der Waals surface area contributed by atoms with Crippen LogP contribution in [0.2, 0.25) is 0 Å². The molecule has 0 spiro atoms. The molecule has 2 atom stereocenters. The SMILES string of the molecule is COc1ccc(CCCC(=O)NC2COCC2CS(=O)(=O)N(C)C)cc1. The Labute approximate surface area is 155 Å². The van der Waals surface area contributed by atoms with E-state index in [9.17, 15) is 13.2 Å². The Hall–Kier alpha value is -1.64. The number of aryl methyl sites for hydroxylation is 1. The lowest BCUT2D eigenvalue weighted by molar-refractivity contribution is -0.122. The number of hydrogen-bond acceptors (Lipinski definition) is 5. The molecule has 7 nitrogen and oxygen atoms in total. The van der Waals surface area contributed by atoms with Gasteiger partial charge in [0.05, 0.1) is 32.1 Å². The van der Waals surface area contributed by atoms with Gasteiger partial charge in [-0.2, -0.15) is 0 Å². The van der Waals surface area contributed by atoms with Gasteiger partial charge in [0.25, 0.3) is 0 Å². The minimum absolute atomic E-state index is 0.0171. The number of carbonyl (C=O) groups is 1. The predicted molar refractivity (Wildman–Crippen MR) is 99.6 cm³/mol. The van der Waals surface area contributed by atoms with Crippen LogP contribution in [0.3, 0.4) is 0 Å². The van der Waals surface area contributed by atoms with Crippen LogP contribution in [0.5, 0.6) is 5.75 Å². The van der Waals surface area contributed by atoms with Crippen molar-refractivity contribution in [2.45, 2.75) is 25.3 Å². The van der Waals surface area contributed by atoms with Crippen LogP contribution in [0, 0.1) is 5.92 Å². The van der Waals surface area contributed by atoms with Gasteiger partial charge in [-0.25, -0.2) is 12.7 Å². The first kappa shape index (κ1) is 20.7. The molecule has 0 bridgehead atoms. The molecule has 1 heterocycles. The summed E-state index contributed by atoms with van der Waals surface area (Å²) >= 11 is 0. The van der Waals surface area contributed by atoms with Crippen LogP contribution < -0.4 is 10.1 Å². The highest BCUT2D eigenvalue weighted by molar-refractivity contribution is 7.89. The fourth-order valence-corrected chi connectivity index (χ4v) is 4.03. The molecule has 1 aromatic rings. The minimum atomic E-state index is -3.32. The van der Waals surface area contributed by atoms with Crippen molar-refractivity contribution in [2.24, 2.45) is 5.92 Å². The van der Waals surface area contributed by atoms with E-state index in [0.717, 1.165) is 24.2 Å². The van der Waals surface area contributed by atoms with E-state index in [1.54, 1.807) is 7.11 Å². The normalized spacial score (nSPS) is 20.3. The molecule has 0 radical (unpaired) electrons. The van der Waals surface area contributed by atoms with Crippen molar-refractivity contribution in [3.05, 3.63) is 29.8 Å². The van der Waals surface area contributed by atoms with E-state index in [2.05, 4.69) is 5.32 Å². The summed E-state index contributed by atoms with van der Waals surface area (Å²) in [7, 11) is 1.33. The predicted octanol–water partition coefficient (Wildman–Crippen LogP) is 1.04. The minimum Gasteiger partial charge on any atom is -0.497 e.